The van der Waals surface area contributed by atoms with E-state index in [9.17, 15) is 9.59 Å². The Balaban J connectivity index is 1.55. The maximum atomic E-state index is 12.3. The number of methoxy groups -OCH3 is 1. The fourth-order valence-corrected chi connectivity index (χ4v) is 2.85. The highest BCUT2D eigenvalue weighted by atomic mass is 79.9. The number of nitrogens with zero attached hydrogens (tertiary/aromatic N) is 1. The molecule has 1 amide bonds. The van der Waals surface area contributed by atoms with E-state index in [1.807, 2.05) is 31.2 Å². The number of esters is 1. The minimum absolute atomic E-state index is 0.170. The molecule has 0 bridgehead atoms. The van der Waals surface area contributed by atoms with Gasteiger partial charge in [0.2, 0.25) is 0 Å². The monoisotopic (exact) mass is 496 g/mol. The molecule has 0 fully saturated rings. The van der Waals surface area contributed by atoms with Crippen molar-refractivity contribution in [2.75, 3.05) is 13.7 Å². The Kier molecular flexibility index (Phi) is 7.99. The van der Waals surface area contributed by atoms with Gasteiger partial charge in [-0.05, 0) is 67.1 Å². The summed E-state index contributed by atoms with van der Waals surface area (Å²) < 4.78 is 17.1. The topological polar surface area (TPSA) is 86.2 Å². The van der Waals surface area contributed by atoms with E-state index in [1.54, 1.807) is 42.5 Å². The number of amides is 1. The van der Waals surface area contributed by atoms with Gasteiger partial charge in [-0.1, -0.05) is 33.6 Å². The number of carbonyl (C=O) groups excluding carboxylic acids is 2. The number of hydrogen-bond acceptors (Lipinski definition) is 6. The average Bonchev–Trinajstić information content (AvgIpc) is 2.80. The molecule has 0 saturated carbocycles. The van der Waals surface area contributed by atoms with Crippen LogP contribution in [-0.2, 0) is 4.79 Å². The quantitative estimate of drug-likeness (QED) is 0.214. The number of halogens is 1. The second-order valence-electron chi connectivity index (χ2n) is 6.70. The van der Waals surface area contributed by atoms with Crippen LogP contribution in [0.2, 0.25) is 0 Å². The van der Waals surface area contributed by atoms with Crippen LogP contribution in [-0.4, -0.2) is 31.8 Å². The van der Waals surface area contributed by atoms with Crippen LogP contribution in [0.3, 0.4) is 0 Å². The van der Waals surface area contributed by atoms with Gasteiger partial charge < -0.3 is 14.2 Å². The lowest BCUT2D eigenvalue weighted by Gasteiger charge is -2.10. The SMILES string of the molecule is COc1cc(/C=N/NC(=O)COc2ccc(Br)cc2)ccc1OC(=O)c1ccc(C)cc1. The van der Waals surface area contributed by atoms with Gasteiger partial charge in [-0.25, -0.2) is 10.2 Å². The normalized spacial score (nSPS) is 10.6. The Morgan fingerprint density at radius 3 is 2.41 bits per heavy atom. The summed E-state index contributed by atoms with van der Waals surface area (Å²) in [6, 6.07) is 19.2. The van der Waals surface area contributed by atoms with Crippen LogP contribution < -0.4 is 19.6 Å². The van der Waals surface area contributed by atoms with Gasteiger partial charge in [0.25, 0.3) is 5.91 Å². The van der Waals surface area contributed by atoms with Crippen LogP contribution >= 0.6 is 15.9 Å². The number of ether oxygens (including phenoxy) is 3. The minimum atomic E-state index is -0.484. The van der Waals surface area contributed by atoms with Crippen molar-refractivity contribution in [1.82, 2.24) is 5.43 Å². The molecule has 0 aliphatic carbocycles. The third kappa shape index (κ3) is 6.68. The second-order valence-corrected chi connectivity index (χ2v) is 7.62. The van der Waals surface area contributed by atoms with Crippen molar-refractivity contribution in [3.8, 4) is 17.2 Å². The Bertz CT molecular complexity index is 1110. The highest BCUT2D eigenvalue weighted by Crippen LogP contribution is 2.28. The maximum absolute atomic E-state index is 12.3. The molecule has 0 aromatic heterocycles. The van der Waals surface area contributed by atoms with Crippen molar-refractivity contribution in [2.45, 2.75) is 6.92 Å². The molecule has 0 unspecified atom stereocenters. The van der Waals surface area contributed by atoms with Gasteiger partial charge in [0, 0.05) is 4.47 Å². The first kappa shape index (κ1) is 23.0. The fraction of sp³-hybridized carbons (Fsp3) is 0.125. The summed E-state index contributed by atoms with van der Waals surface area (Å²) in [5, 5.41) is 3.91. The van der Waals surface area contributed by atoms with Gasteiger partial charge in [0.1, 0.15) is 5.75 Å². The molecule has 0 radical (unpaired) electrons. The van der Waals surface area contributed by atoms with Crippen molar-refractivity contribution in [3.63, 3.8) is 0 Å². The summed E-state index contributed by atoms with van der Waals surface area (Å²) in [4.78, 5) is 24.2. The van der Waals surface area contributed by atoms with Crippen molar-refractivity contribution >= 4 is 34.0 Å². The van der Waals surface area contributed by atoms with Gasteiger partial charge in [0.15, 0.2) is 18.1 Å². The van der Waals surface area contributed by atoms with Crippen LogP contribution in [0.5, 0.6) is 17.2 Å². The summed E-state index contributed by atoms with van der Waals surface area (Å²) in [7, 11) is 1.47. The minimum Gasteiger partial charge on any atom is -0.493 e. The molecule has 0 heterocycles. The van der Waals surface area contributed by atoms with Gasteiger partial charge in [-0.3, -0.25) is 4.79 Å². The molecule has 0 saturated heterocycles. The van der Waals surface area contributed by atoms with E-state index < -0.39 is 11.9 Å². The molecule has 3 aromatic carbocycles. The van der Waals surface area contributed by atoms with Gasteiger partial charge >= 0.3 is 5.97 Å². The van der Waals surface area contributed by atoms with Gasteiger partial charge in [0.05, 0.1) is 18.9 Å². The number of aryl methyl sites for hydroxylation is 1. The predicted molar refractivity (Wildman–Crippen MR) is 125 cm³/mol. The van der Waals surface area contributed by atoms with Crippen LogP contribution in [0.1, 0.15) is 21.5 Å². The first-order valence-corrected chi connectivity index (χ1v) is 10.4. The Labute approximate surface area is 194 Å². The molecular formula is C24H21BrN2O5. The van der Waals surface area contributed by atoms with Gasteiger partial charge in [-0.15, -0.1) is 0 Å². The van der Waals surface area contributed by atoms with E-state index in [1.165, 1.54) is 13.3 Å². The largest absolute Gasteiger partial charge is 0.493 e. The van der Waals surface area contributed by atoms with Crippen molar-refractivity contribution in [3.05, 3.63) is 87.9 Å². The third-order valence-electron chi connectivity index (χ3n) is 4.26. The molecule has 7 nitrogen and oxygen atoms in total. The highest BCUT2D eigenvalue weighted by Gasteiger charge is 2.12. The zero-order valence-electron chi connectivity index (χ0n) is 17.5. The molecule has 3 rings (SSSR count). The fourth-order valence-electron chi connectivity index (χ4n) is 2.59. The summed E-state index contributed by atoms with van der Waals surface area (Å²) in [5.41, 5.74) is 4.53. The average molecular weight is 497 g/mol. The molecule has 0 aliphatic heterocycles. The zero-order chi connectivity index (χ0) is 22.9. The molecule has 0 spiro atoms. The van der Waals surface area contributed by atoms with E-state index in [2.05, 4.69) is 26.5 Å². The highest BCUT2D eigenvalue weighted by molar-refractivity contribution is 9.10. The van der Waals surface area contributed by atoms with E-state index in [-0.39, 0.29) is 12.4 Å². The number of hydrogen-bond donors (Lipinski definition) is 1. The molecule has 0 atom stereocenters. The molecule has 164 valence electrons. The number of benzene rings is 3. The number of hydrazone groups is 1. The lowest BCUT2D eigenvalue weighted by atomic mass is 10.1. The zero-order valence-corrected chi connectivity index (χ0v) is 19.1. The molecule has 0 aliphatic rings. The number of carbonyl (C=O) groups is 2. The van der Waals surface area contributed by atoms with Crippen LogP contribution in [0, 0.1) is 6.92 Å². The molecule has 32 heavy (non-hydrogen) atoms. The summed E-state index contributed by atoms with van der Waals surface area (Å²) in [5.74, 6) is 0.330. The van der Waals surface area contributed by atoms with E-state index in [4.69, 9.17) is 14.2 Å². The lowest BCUT2D eigenvalue weighted by Crippen LogP contribution is -2.24. The summed E-state index contributed by atoms with van der Waals surface area (Å²) in [6.45, 7) is 1.77. The van der Waals surface area contributed by atoms with Crippen LogP contribution in [0.4, 0.5) is 0 Å². The van der Waals surface area contributed by atoms with Crippen molar-refractivity contribution in [1.29, 1.82) is 0 Å². The first-order valence-electron chi connectivity index (χ1n) is 9.62. The lowest BCUT2D eigenvalue weighted by molar-refractivity contribution is -0.123. The Morgan fingerprint density at radius 2 is 1.72 bits per heavy atom. The third-order valence-corrected chi connectivity index (χ3v) is 4.79. The smallest absolute Gasteiger partial charge is 0.343 e. The summed E-state index contributed by atoms with van der Waals surface area (Å²) in [6.07, 6.45) is 1.45. The Morgan fingerprint density at radius 1 is 1.00 bits per heavy atom. The maximum Gasteiger partial charge on any atom is 0.343 e. The first-order chi connectivity index (χ1) is 15.4. The second kappa shape index (κ2) is 11.1. The van der Waals surface area contributed by atoms with E-state index in [0.717, 1.165) is 10.0 Å². The Hall–Kier alpha value is -3.65. The van der Waals surface area contributed by atoms with Crippen molar-refractivity contribution < 1.29 is 23.8 Å². The molecule has 1 N–H and O–H groups in total. The molecule has 3 aromatic rings. The molecular weight excluding hydrogens is 476 g/mol. The van der Waals surface area contributed by atoms with Crippen LogP contribution in [0.15, 0.2) is 76.3 Å². The number of nitrogens with one attached hydrogen (secondary N) is 1. The van der Waals surface area contributed by atoms with Gasteiger partial charge in [-0.2, -0.15) is 5.10 Å². The standard InChI is InChI=1S/C24H21BrN2O5/c1-16-3-6-18(7-4-16)24(29)32-21-12-5-17(13-22(21)30-2)14-26-27-23(28)15-31-20-10-8-19(25)9-11-20/h3-14H,15H2,1-2H3,(H,27,28)/b26-14+. The predicted octanol–water partition coefficient (Wildman–Crippen LogP) is 4.51. The molecule has 8 heteroatoms. The van der Waals surface area contributed by atoms with Crippen molar-refractivity contribution in [2.24, 2.45) is 5.10 Å². The van der Waals surface area contributed by atoms with E-state index >= 15 is 0 Å². The summed E-state index contributed by atoms with van der Waals surface area (Å²) >= 11 is 3.33. The number of rotatable bonds is 8. The van der Waals surface area contributed by atoms with Crippen LogP contribution in [0.25, 0.3) is 0 Å². The van der Waals surface area contributed by atoms with E-state index in [0.29, 0.717) is 22.6 Å².